The SMILES string of the molecule is CN(CC(C)(C)SSc1ccccn1)C(=O)OCc1ccccc1. The predicted molar refractivity (Wildman–Crippen MR) is 101 cm³/mol. The molecule has 0 bridgehead atoms. The van der Waals surface area contributed by atoms with Crippen LogP contribution >= 0.6 is 21.6 Å². The maximum absolute atomic E-state index is 12.1. The molecule has 6 heteroatoms. The molecule has 0 unspecified atom stereocenters. The van der Waals surface area contributed by atoms with Crippen molar-refractivity contribution in [3.05, 3.63) is 60.3 Å². The summed E-state index contributed by atoms with van der Waals surface area (Å²) in [5, 5.41) is 0.963. The standard InChI is InChI=1S/C18H22N2O2S2/c1-18(2,24-23-16-11-7-8-12-19-16)14-20(3)17(21)22-13-15-9-5-4-6-10-15/h4-12H,13-14H2,1-3H3. The fourth-order valence-electron chi connectivity index (χ4n) is 2.04. The zero-order valence-corrected chi connectivity index (χ0v) is 15.8. The van der Waals surface area contributed by atoms with E-state index in [2.05, 4.69) is 18.8 Å². The number of rotatable bonds is 7. The normalized spacial score (nSPS) is 11.1. The number of hydrogen-bond donors (Lipinski definition) is 0. The molecule has 24 heavy (non-hydrogen) atoms. The van der Waals surface area contributed by atoms with Gasteiger partial charge in [-0.1, -0.05) is 47.2 Å². The van der Waals surface area contributed by atoms with Crippen molar-refractivity contribution in [2.75, 3.05) is 13.6 Å². The molecule has 1 aromatic heterocycles. The molecule has 2 aromatic rings. The molecule has 0 atom stereocenters. The molecule has 0 fully saturated rings. The Balaban J connectivity index is 1.78. The number of amides is 1. The molecule has 1 aromatic carbocycles. The molecule has 0 radical (unpaired) electrons. The second kappa shape index (κ2) is 8.99. The van der Waals surface area contributed by atoms with Crippen LogP contribution in [-0.4, -0.2) is 34.3 Å². The van der Waals surface area contributed by atoms with Gasteiger partial charge in [-0.3, -0.25) is 0 Å². The molecule has 1 heterocycles. The number of ether oxygens (including phenoxy) is 1. The van der Waals surface area contributed by atoms with Crippen molar-refractivity contribution in [3.8, 4) is 0 Å². The first kappa shape index (κ1) is 18.7. The van der Waals surface area contributed by atoms with Gasteiger partial charge in [0.2, 0.25) is 0 Å². The smallest absolute Gasteiger partial charge is 0.409 e. The summed E-state index contributed by atoms with van der Waals surface area (Å²) in [6.07, 6.45) is 1.47. The molecule has 0 N–H and O–H groups in total. The largest absolute Gasteiger partial charge is 0.445 e. The highest BCUT2D eigenvalue weighted by molar-refractivity contribution is 8.77. The summed E-state index contributed by atoms with van der Waals surface area (Å²) in [6.45, 7) is 5.09. The van der Waals surface area contributed by atoms with Crippen LogP contribution in [0.25, 0.3) is 0 Å². The van der Waals surface area contributed by atoms with Crippen LogP contribution in [0.1, 0.15) is 19.4 Å². The third-order valence-electron chi connectivity index (χ3n) is 3.13. The van der Waals surface area contributed by atoms with Gasteiger partial charge < -0.3 is 9.64 Å². The Hall–Kier alpha value is -1.66. The average Bonchev–Trinajstić information content (AvgIpc) is 2.59. The van der Waals surface area contributed by atoms with E-state index in [1.807, 2.05) is 48.5 Å². The minimum Gasteiger partial charge on any atom is -0.445 e. The van der Waals surface area contributed by atoms with Gasteiger partial charge in [-0.05, 0) is 42.3 Å². The van der Waals surface area contributed by atoms with E-state index in [0.29, 0.717) is 13.2 Å². The van der Waals surface area contributed by atoms with Crippen molar-refractivity contribution in [3.63, 3.8) is 0 Å². The van der Waals surface area contributed by atoms with Gasteiger partial charge in [-0.2, -0.15) is 0 Å². The molecular weight excluding hydrogens is 340 g/mol. The second-order valence-electron chi connectivity index (χ2n) is 5.99. The van der Waals surface area contributed by atoms with E-state index in [1.165, 1.54) is 0 Å². The lowest BCUT2D eigenvalue weighted by Crippen LogP contribution is -2.37. The minimum absolute atomic E-state index is 0.122. The van der Waals surface area contributed by atoms with Crippen LogP contribution in [-0.2, 0) is 11.3 Å². The summed E-state index contributed by atoms with van der Waals surface area (Å²) < 4.78 is 5.23. The first-order valence-corrected chi connectivity index (χ1v) is 9.80. The third-order valence-corrected chi connectivity index (χ3v) is 6.32. The second-order valence-corrected chi connectivity index (χ2v) is 8.85. The molecule has 2 rings (SSSR count). The van der Waals surface area contributed by atoms with E-state index in [9.17, 15) is 4.79 Å². The lowest BCUT2D eigenvalue weighted by Gasteiger charge is -2.28. The number of carbonyl (C=O) groups is 1. The Labute approximate surface area is 151 Å². The highest BCUT2D eigenvalue weighted by atomic mass is 33.1. The fraction of sp³-hybridized carbons (Fsp3) is 0.333. The van der Waals surface area contributed by atoms with E-state index < -0.39 is 0 Å². The Bertz CT molecular complexity index is 636. The Morgan fingerprint density at radius 1 is 1.17 bits per heavy atom. The highest BCUT2D eigenvalue weighted by Gasteiger charge is 2.25. The molecular formula is C18H22N2O2S2. The third kappa shape index (κ3) is 6.45. The van der Waals surface area contributed by atoms with E-state index >= 15 is 0 Å². The molecule has 0 aliphatic rings. The zero-order valence-electron chi connectivity index (χ0n) is 14.1. The van der Waals surface area contributed by atoms with E-state index in [-0.39, 0.29) is 10.8 Å². The van der Waals surface area contributed by atoms with E-state index in [4.69, 9.17) is 4.74 Å². The summed E-state index contributed by atoms with van der Waals surface area (Å²) in [7, 11) is 5.08. The Kier molecular flexibility index (Phi) is 6.99. The van der Waals surface area contributed by atoms with Gasteiger partial charge in [0.05, 0.1) is 0 Å². The van der Waals surface area contributed by atoms with Crippen LogP contribution in [0.2, 0.25) is 0 Å². The van der Waals surface area contributed by atoms with Crippen LogP contribution in [0.3, 0.4) is 0 Å². The quantitative estimate of drug-likeness (QED) is 0.657. The maximum atomic E-state index is 12.1. The molecule has 0 aliphatic carbocycles. The van der Waals surface area contributed by atoms with Gasteiger partial charge in [-0.15, -0.1) is 0 Å². The van der Waals surface area contributed by atoms with Gasteiger partial charge in [0.1, 0.15) is 11.6 Å². The number of hydrogen-bond acceptors (Lipinski definition) is 5. The van der Waals surface area contributed by atoms with E-state index in [0.717, 1.165) is 10.6 Å². The fourth-order valence-corrected chi connectivity index (χ4v) is 4.23. The van der Waals surface area contributed by atoms with Crippen molar-refractivity contribution < 1.29 is 9.53 Å². The first-order chi connectivity index (χ1) is 11.5. The summed E-state index contributed by atoms with van der Waals surface area (Å²) in [6, 6.07) is 15.5. The molecule has 0 saturated heterocycles. The molecule has 1 amide bonds. The number of carbonyl (C=O) groups excluding carboxylic acids is 1. The Morgan fingerprint density at radius 2 is 1.88 bits per heavy atom. The molecule has 0 saturated carbocycles. The number of pyridine rings is 1. The summed E-state index contributed by atoms with van der Waals surface area (Å²) in [5.74, 6) is 0. The van der Waals surface area contributed by atoms with Crippen LogP contribution < -0.4 is 0 Å². The number of benzene rings is 1. The van der Waals surface area contributed by atoms with Crippen LogP contribution in [0, 0.1) is 0 Å². The molecule has 0 aliphatic heterocycles. The summed E-state index contributed by atoms with van der Waals surface area (Å²) in [4.78, 5) is 18.1. The van der Waals surface area contributed by atoms with Crippen molar-refractivity contribution in [2.24, 2.45) is 0 Å². The van der Waals surface area contributed by atoms with E-state index in [1.54, 1.807) is 39.7 Å². The van der Waals surface area contributed by atoms with Crippen molar-refractivity contribution in [1.82, 2.24) is 9.88 Å². The summed E-state index contributed by atoms with van der Waals surface area (Å²) in [5.41, 5.74) is 0.985. The lowest BCUT2D eigenvalue weighted by molar-refractivity contribution is 0.103. The van der Waals surface area contributed by atoms with Gasteiger partial charge in [0.15, 0.2) is 0 Å². The van der Waals surface area contributed by atoms with Gasteiger partial charge in [-0.25, -0.2) is 9.78 Å². The van der Waals surface area contributed by atoms with Gasteiger partial charge >= 0.3 is 6.09 Å². The average molecular weight is 363 g/mol. The molecule has 4 nitrogen and oxygen atoms in total. The van der Waals surface area contributed by atoms with Crippen LogP contribution in [0.15, 0.2) is 59.8 Å². The highest BCUT2D eigenvalue weighted by Crippen LogP contribution is 2.40. The maximum Gasteiger partial charge on any atom is 0.409 e. The van der Waals surface area contributed by atoms with Crippen molar-refractivity contribution in [2.45, 2.75) is 30.2 Å². The van der Waals surface area contributed by atoms with Crippen molar-refractivity contribution >= 4 is 27.7 Å². The molecule has 128 valence electrons. The predicted octanol–water partition coefficient (Wildman–Crippen LogP) is 4.87. The van der Waals surface area contributed by atoms with Gasteiger partial charge in [0.25, 0.3) is 0 Å². The molecule has 0 spiro atoms. The number of nitrogens with zero attached hydrogens (tertiary/aromatic N) is 2. The lowest BCUT2D eigenvalue weighted by atomic mass is 10.2. The Morgan fingerprint density at radius 3 is 2.54 bits per heavy atom. The van der Waals surface area contributed by atoms with Crippen molar-refractivity contribution in [1.29, 1.82) is 0 Å². The first-order valence-electron chi connectivity index (χ1n) is 7.65. The van der Waals surface area contributed by atoms with Crippen LogP contribution in [0.4, 0.5) is 4.79 Å². The zero-order chi connectivity index (χ0) is 17.4. The topological polar surface area (TPSA) is 42.4 Å². The monoisotopic (exact) mass is 362 g/mol. The minimum atomic E-state index is -0.310. The van der Waals surface area contributed by atoms with Crippen LogP contribution in [0.5, 0.6) is 0 Å². The summed E-state index contributed by atoms with van der Waals surface area (Å²) >= 11 is 0. The van der Waals surface area contributed by atoms with Gasteiger partial charge in [0, 0.05) is 24.5 Å². The number of aromatic nitrogens is 1.